The number of ether oxygens (including phenoxy) is 1. The predicted octanol–water partition coefficient (Wildman–Crippen LogP) is -1.10. The molecule has 1 aliphatic rings. The standard InChI is InChI=1S/C9H16BF3NO.K/c1-8(10(11,12)13)5-14-4-3-9(6-14)7-15-2;/h9H,1,3-7H2,2H3;/q-1;+1. The van der Waals surface area contributed by atoms with E-state index in [1.165, 1.54) is 0 Å². The van der Waals surface area contributed by atoms with Crippen molar-refractivity contribution in [3.63, 3.8) is 0 Å². The minimum absolute atomic E-state index is 0. The molecule has 1 unspecified atom stereocenters. The van der Waals surface area contributed by atoms with Crippen molar-refractivity contribution in [1.82, 2.24) is 4.90 Å². The van der Waals surface area contributed by atoms with Crippen LogP contribution in [0.25, 0.3) is 0 Å². The van der Waals surface area contributed by atoms with Crippen LogP contribution in [-0.2, 0) is 4.74 Å². The van der Waals surface area contributed by atoms with E-state index in [2.05, 4.69) is 6.58 Å². The molecule has 1 saturated heterocycles. The van der Waals surface area contributed by atoms with Crippen molar-refractivity contribution in [2.45, 2.75) is 6.42 Å². The van der Waals surface area contributed by atoms with E-state index in [-0.39, 0.29) is 57.9 Å². The minimum Gasteiger partial charge on any atom is -0.445 e. The third-order valence-corrected chi connectivity index (χ3v) is 2.66. The van der Waals surface area contributed by atoms with Gasteiger partial charge in [-0.3, -0.25) is 0 Å². The zero-order valence-electron chi connectivity index (χ0n) is 9.89. The molecule has 0 aliphatic carbocycles. The summed E-state index contributed by atoms with van der Waals surface area (Å²) >= 11 is 0. The van der Waals surface area contributed by atoms with E-state index in [9.17, 15) is 12.9 Å². The van der Waals surface area contributed by atoms with E-state index in [1.54, 1.807) is 12.0 Å². The van der Waals surface area contributed by atoms with Crippen molar-refractivity contribution < 1.29 is 69.1 Å². The zero-order valence-corrected chi connectivity index (χ0v) is 13.0. The molecule has 2 nitrogen and oxygen atoms in total. The fourth-order valence-corrected chi connectivity index (χ4v) is 1.82. The fraction of sp³-hybridized carbons (Fsp3) is 0.778. The van der Waals surface area contributed by atoms with E-state index in [4.69, 9.17) is 4.74 Å². The average molecular weight is 261 g/mol. The van der Waals surface area contributed by atoms with Crippen molar-refractivity contribution >= 4 is 6.98 Å². The van der Waals surface area contributed by atoms with Crippen LogP contribution in [0, 0.1) is 5.92 Å². The van der Waals surface area contributed by atoms with Crippen LogP contribution in [0.2, 0.25) is 0 Å². The first-order valence-electron chi connectivity index (χ1n) is 5.02. The van der Waals surface area contributed by atoms with Gasteiger partial charge in [0, 0.05) is 13.7 Å². The number of hydrogen-bond acceptors (Lipinski definition) is 2. The van der Waals surface area contributed by atoms with Crippen molar-refractivity contribution in [1.29, 1.82) is 0 Å². The summed E-state index contributed by atoms with van der Waals surface area (Å²) in [4.78, 5) is 1.79. The molecule has 1 heterocycles. The van der Waals surface area contributed by atoms with Gasteiger partial charge in [0.15, 0.2) is 0 Å². The molecule has 88 valence electrons. The van der Waals surface area contributed by atoms with Gasteiger partial charge in [0.25, 0.3) is 0 Å². The number of rotatable bonds is 5. The molecule has 0 amide bonds. The average Bonchev–Trinajstić information content (AvgIpc) is 2.51. The van der Waals surface area contributed by atoms with Gasteiger partial charge in [-0.1, -0.05) is 0 Å². The first-order valence-corrected chi connectivity index (χ1v) is 5.02. The van der Waals surface area contributed by atoms with Gasteiger partial charge in [-0.05, 0) is 25.4 Å². The number of hydrogen-bond donors (Lipinski definition) is 0. The summed E-state index contributed by atoms with van der Waals surface area (Å²) in [7, 11) is 1.61. The Morgan fingerprint density at radius 1 is 1.50 bits per heavy atom. The molecule has 0 spiro atoms. The van der Waals surface area contributed by atoms with Gasteiger partial charge < -0.3 is 22.6 Å². The van der Waals surface area contributed by atoms with Crippen LogP contribution in [0.5, 0.6) is 0 Å². The first-order chi connectivity index (χ1) is 6.93. The summed E-state index contributed by atoms with van der Waals surface area (Å²) < 4.78 is 41.8. The molecule has 0 radical (unpaired) electrons. The van der Waals surface area contributed by atoms with Gasteiger partial charge in [0.05, 0.1) is 6.61 Å². The topological polar surface area (TPSA) is 12.5 Å². The van der Waals surface area contributed by atoms with Gasteiger partial charge in [-0.15, -0.1) is 12.1 Å². The summed E-state index contributed by atoms with van der Waals surface area (Å²) in [5.74, 6) is 0.364. The van der Waals surface area contributed by atoms with Crippen molar-refractivity contribution in [2.24, 2.45) is 5.92 Å². The minimum atomic E-state index is -4.88. The Morgan fingerprint density at radius 2 is 2.12 bits per heavy atom. The van der Waals surface area contributed by atoms with E-state index in [0.29, 0.717) is 25.6 Å². The maximum Gasteiger partial charge on any atom is 1.00 e. The molecule has 0 saturated carbocycles. The Kier molecular flexibility index (Phi) is 8.10. The Labute approximate surface area is 137 Å². The Balaban J connectivity index is 0.00000225. The van der Waals surface area contributed by atoms with Gasteiger partial charge in [-0.25, -0.2) is 0 Å². The van der Waals surface area contributed by atoms with Crippen molar-refractivity contribution in [3.8, 4) is 0 Å². The van der Waals surface area contributed by atoms with Gasteiger partial charge in [-0.2, -0.15) is 0 Å². The van der Waals surface area contributed by atoms with Crippen LogP contribution in [0.1, 0.15) is 6.42 Å². The number of methoxy groups -OCH3 is 1. The van der Waals surface area contributed by atoms with Crippen molar-refractivity contribution in [2.75, 3.05) is 33.4 Å². The quantitative estimate of drug-likeness (QED) is 0.583. The van der Waals surface area contributed by atoms with Crippen LogP contribution < -0.4 is 51.4 Å². The first kappa shape index (κ1) is 17.2. The zero-order chi connectivity index (χ0) is 11.5. The molecule has 1 atom stereocenters. The molecule has 0 aromatic rings. The molecule has 0 bridgehead atoms. The summed E-state index contributed by atoms with van der Waals surface area (Å²) in [6, 6.07) is 0. The van der Waals surface area contributed by atoms with Crippen LogP contribution in [-0.4, -0.2) is 45.2 Å². The number of nitrogens with zero attached hydrogens (tertiary/aromatic N) is 1. The SMILES string of the molecule is C=C(CN1CCC(COC)C1)[B-](F)(F)F.[K+]. The molecule has 1 rings (SSSR count). The predicted molar refractivity (Wildman–Crippen MR) is 54.6 cm³/mol. The summed E-state index contributed by atoms with van der Waals surface area (Å²) in [6.45, 7) is 0.169. The normalized spacial score (nSPS) is 21.9. The number of likely N-dealkylation sites (tertiary alicyclic amines) is 1. The molecule has 16 heavy (non-hydrogen) atoms. The van der Waals surface area contributed by atoms with E-state index in [1.807, 2.05) is 0 Å². The largest absolute Gasteiger partial charge is 1.00 e. The van der Waals surface area contributed by atoms with Crippen LogP contribution in [0.3, 0.4) is 0 Å². The Hall–Kier alpha value is 1.15. The molecule has 0 aromatic heterocycles. The molecule has 1 aliphatic heterocycles. The molecule has 7 heteroatoms. The van der Waals surface area contributed by atoms with Crippen LogP contribution in [0.4, 0.5) is 12.9 Å². The molecular formula is C9H16BF3KNO. The molecule has 0 N–H and O–H groups in total. The second kappa shape index (κ2) is 7.56. The smallest absolute Gasteiger partial charge is 0.445 e. The summed E-state index contributed by atoms with van der Waals surface area (Å²) in [6.07, 6.45) is 0.909. The number of halogens is 3. The molecule has 0 aromatic carbocycles. The van der Waals surface area contributed by atoms with E-state index >= 15 is 0 Å². The van der Waals surface area contributed by atoms with Crippen molar-refractivity contribution in [3.05, 3.63) is 12.1 Å². The van der Waals surface area contributed by atoms with Crippen LogP contribution >= 0.6 is 0 Å². The fourth-order valence-electron chi connectivity index (χ4n) is 1.82. The second-order valence-corrected chi connectivity index (χ2v) is 4.08. The Morgan fingerprint density at radius 3 is 2.62 bits per heavy atom. The maximum atomic E-state index is 12.3. The molecular weight excluding hydrogens is 245 g/mol. The second-order valence-electron chi connectivity index (χ2n) is 4.08. The maximum absolute atomic E-state index is 12.3. The van der Waals surface area contributed by atoms with Gasteiger partial charge >= 0.3 is 58.4 Å². The summed E-state index contributed by atoms with van der Waals surface area (Å²) in [5.41, 5.74) is -0.604. The van der Waals surface area contributed by atoms with Gasteiger partial charge in [0.2, 0.25) is 0 Å². The van der Waals surface area contributed by atoms with E-state index in [0.717, 1.165) is 6.42 Å². The van der Waals surface area contributed by atoms with Gasteiger partial charge in [0.1, 0.15) is 0 Å². The third kappa shape index (κ3) is 5.66. The van der Waals surface area contributed by atoms with Crippen LogP contribution in [0.15, 0.2) is 12.1 Å². The summed E-state index contributed by atoms with van der Waals surface area (Å²) in [5, 5.41) is 0. The third-order valence-electron chi connectivity index (χ3n) is 2.66. The molecule has 1 fully saturated rings. The Bertz CT molecular complexity index is 237. The van der Waals surface area contributed by atoms with E-state index < -0.39 is 12.4 Å². The monoisotopic (exact) mass is 261 g/mol.